The molecular weight excluding hydrogens is 226 g/mol. The van der Waals surface area contributed by atoms with E-state index in [0.717, 1.165) is 4.88 Å². The van der Waals surface area contributed by atoms with E-state index in [1.807, 2.05) is 17.5 Å². The molecule has 1 aromatic heterocycles. The molecule has 0 unspecified atom stereocenters. The van der Waals surface area contributed by atoms with E-state index in [1.165, 1.54) is 17.4 Å². The Kier molecular flexibility index (Phi) is 4.72. The highest BCUT2D eigenvalue weighted by molar-refractivity contribution is 7.10. The number of hydrogen-bond acceptors (Lipinski definition) is 3. The first-order valence-corrected chi connectivity index (χ1v) is 5.76. The van der Waals surface area contributed by atoms with Crippen molar-refractivity contribution in [3.05, 3.63) is 28.5 Å². The summed E-state index contributed by atoms with van der Waals surface area (Å²) in [6, 6.07) is 2.94. The van der Waals surface area contributed by atoms with Crippen molar-refractivity contribution in [3.8, 4) is 0 Å². The second-order valence-electron chi connectivity index (χ2n) is 3.16. The highest BCUT2D eigenvalue weighted by Crippen LogP contribution is 2.09. The molecule has 86 valence electrons. The number of hydrogen-bond donors (Lipinski definition) is 2. The summed E-state index contributed by atoms with van der Waals surface area (Å²) in [4.78, 5) is 23.0. The summed E-state index contributed by atoms with van der Waals surface area (Å²) in [7, 11) is 0. The molecule has 0 bridgehead atoms. The van der Waals surface area contributed by atoms with Crippen LogP contribution in [0.1, 0.15) is 18.2 Å². The van der Waals surface area contributed by atoms with Crippen LogP contribution in [0, 0.1) is 0 Å². The molecule has 1 amide bonds. The molecular formula is C11H13NO3S. The molecule has 2 N–H and O–H groups in total. The third-order valence-electron chi connectivity index (χ3n) is 1.96. The minimum atomic E-state index is -1.01. The van der Waals surface area contributed by atoms with Gasteiger partial charge in [0.2, 0.25) is 5.91 Å². The fourth-order valence-electron chi connectivity index (χ4n) is 1.10. The van der Waals surface area contributed by atoms with E-state index >= 15 is 0 Å². The first kappa shape index (κ1) is 12.4. The smallest absolute Gasteiger partial charge is 0.326 e. The Balaban J connectivity index is 2.50. The fourth-order valence-corrected chi connectivity index (χ4v) is 1.72. The van der Waals surface area contributed by atoms with Gasteiger partial charge in [-0.25, -0.2) is 4.79 Å². The van der Waals surface area contributed by atoms with Crippen LogP contribution < -0.4 is 5.32 Å². The molecule has 16 heavy (non-hydrogen) atoms. The van der Waals surface area contributed by atoms with Crippen molar-refractivity contribution in [1.29, 1.82) is 0 Å². The molecule has 0 spiro atoms. The lowest BCUT2D eigenvalue weighted by Crippen LogP contribution is -2.39. The van der Waals surface area contributed by atoms with Crippen LogP contribution in [-0.4, -0.2) is 23.0 Å². The van der Waals surface area contributed by atoms with Crippen LogP contribution in [0.25, 0.3) is 6.08 Å². The first-order valence-electron chi connectivity index (χ1n) is 4.88. The van der Waals surface area contributed by atoms with Gasteiger partial charge in [0.25, 0.3) is 0 Å². The molecule has 1 rings (SSSR count). The maximum atomic E-state index is 11.4. The number of amides is 1. The molecule has 1 aromatic rings. The molecule has 0 aliphatic carbocycles. The Morgan fingerprint density at radius 1 is 1.62 bits per heavy atom. The number of carbonyl (C=O) groups is 2. The lowest BCUT2D eigenvalue weighted by Gasteiger charge is -2.09. The van der Waals surface area contributed by atoms with Gasteiger partial charge in [-0.15, -0.1) is 11.3 Å². The van der Waals surface area contributed by atoms with Crippen LogP contribution >= 0.6 is 11.3 Å². The van der Waals surface area contributed by atoms with Crippen molar-refractivity contribution in [2.75, 3.05) is 0 Å². The zero-order valence-electron chi connectivity index (χ0n) is 8.84. The van der Waals surface area contributed by atoms with Crippen molar-refractivity contribution in [3.63, 3.8) is 0 Å². The summed E-state index contributed by atoms with van der Waals surface area (Å²) in [5.74, 6) is -1.40. The molecule has 0 aliphatic heterocycles. The van der Waals surface area contributed by atoms with E-state index in [2.05, 4.69) is 5.32 Å². The zero-order valence-corrected chi connectivity index (χ0v) is 9.66. The van der Waals surface area contributed by atoms with Crippen LogP contribution in [0.2, 0.25) is 0 Å². The molecule has 0 aromatic carbocycles. The van der Waals surface area contributed by atoms with Gasteiger partial charge >= 0.3 is 5.97 Å². The first-order chi connectivity index (χ1) is 7.63. The van der Waals surface area contributed by atoms with E-state index in [4.69, 9.17) is 5.11 Å². The maximum absolute atomic E-state index is 11.4. The molecule has 1 heterocycles. The highest BCUT2D eigenvalue weighted by atomic mass is 32.1. The second-order valence-corrected chi connectivity index (χ2v) is 4.14. The average Bonchev–Trinajstić information content (AvgIpc) is 2.75. The topological polar surface area (TPSA) is 66.4 Å². The summed E-state index contributed by atoms with van der Waals surface area (Å²) < 4.78 is 0. The lowest BCUT2D eigenvalue weighted by atomic mass is 10.2. The van der Waals surface area contributed by atoms with Crippen LogP contribution in [-0.2, 0) is 9.59 Å². The third-order valence-corrected chi connectivity index (χ3v) is 2.80. The number of carboxylic acids is 1. The van der Waals surface area contributed by atoms with Gasteiger partial charge in [0.05, 0.1) is 0 Å². The Bertz CT molecular complexity index is 384. The molecule has 0 fully saturated rings. The second kappa shape index (κ2) is 6.07. The molecule has 1 atom stereocenters. The van der Waals surface area contributed by atoms with Crippen molar-refractivity contribution in [2.24, 2.45) is 0 Å². The number of carboxylic acid groups (broad SMARTS) is 1. The van der Waals surface area contributed by atoms with Crippen molar-refractivity contribution in [1.82, 2.24) is 5.32 Å². The normalized spacial score (nSPS) is 12.6. The van der Waals surface area contributed by atoms with Gasteiger partial charge in [0.1, 0.15) is 6.04 Å². The van der Waals surface area contributed by atoms with E-state index in [-0.39, 0.29) is 5.91 Å². The van der Waals surface area contributed by atoms with Crippen LogP contribution in [0.5, 0.6) is 0 Å². The average molecular weight is 239 g/mol. The SMILES string of the molecule is CC[C@H](NC(=O)/C=C/c1cccs1)C(=O)O. The number of carbonyl (C=O) groups excluding carboxylic acids is 1. The minimum Gasteiger partial charge on any atom is -0.480 e. The highest BCUT2D eigenvalue weighted by Gasteiger charge is 2.15. The van der Waals surface area contributed by atoms with Gasteiger partial charge in [-0.1, -0.05) is 13.0 Å². The Morgan fingerprint density at radius 2 is 2.38 bits per heavy atom. The quantitative estimate of drug-likeness (QED) is 0.769. The van der Waals surface area contributed by atoms with Crippen LogP contribution in [0.4, 0.5) is 0 Å². The van der Waals surface area contributed by atoms with Crippen LogP contribution in [0.15, 0.2) is 23.6 Å². The van der Waals surface area contributed by atoms with Crippen molar-refractivity contribution in [2.45, 2.75) is 19.4 Å². The zero-order chi connectivity index (χ0) is 12.0. The Labute approximate surface area is 97.6 Å². The molecule has 0 saturated heterocycles. The van der Waals surface area contributed by atoms with Gasteiger partial charge < -0.3 is 10.4 Å². The monoisotopic (exact) mass is 239 g/mol. The fraction of sp³-hybridized carbons (Fsp3) is 0.273. The van der Waals surface area contributed by atoms with Gasteiger partial charge in [-0.05, 0) is 23.9 Å². The number of rotatable bonds is 5. The largest absolute Gasteiger partial charge is 0.480 e. The molecule has 5 heteroatoms. The predicted molar refractivity (Wildman–Crippen MR) is 63.2 cm³/mol. The van der Waals surface area contributed by atoms with Gasteiger partial charge in [0, 0.05) is 11.0 Å². The summed E-state index contributed by atoms with van der Waals surface area (Å²) in [5, 5.41) is 13.1. The van der Waals surface area contributed by atoms with Gasteiger partial charge in [-0.2, -0.15) is 0 Å². The van der Waals surface area contributed by atoms with E-state index < -0.39 is 12.0 Å². The summed E-state index contributed by atoms with van der Waals surface area (Å²) in [6.07, 6.45) is 3.37. The van der Waals surface area contributed by atoms with Crippen molar-refractivity contribution < 1.29 is 14.7 Å². The van der Waals surface area contributed by atoms with Crippen LogP contribution in [0.3, 0.4) is 0 Å². The molecule has 0 radical (unpaired) electrons. The van der Waals surface area contributed by atoms with Gasteiger partial charge in [0.15, 0.2) is 0 Å². The summed E-state index contributed by atoms with van der Waals surface area (Å²) in [6.45, 7) is 1.71. The summed E-state index contributed by atoms with van der Waals surface area (Å²) >= 11 is 1.51. The third kappa shape index (κ3) is 3.86. The number of aliphatic carboxylic acids is 1. The van der Waals surface area contributed by atoms with Crippen molar-refractivity contribution >= 4 is 29.3 Å². The maximum Gasteiger partial charge on any atom is 0.326 e. The number of nitrogens with one attached hydrogen (secondary N) is 1. The van der Waals surface area contributed by atoms with E-state index in [9.17, 15) is 9.59 Å². The molecule has 4 nitrogen and oxygen atoms in total. The van der Waals surface area contributed by atoms with Gasteiger partial charge in [-0.3, -0.25) is 4.79 Å². The molecule has 0 saturated carbocycles. The van der Waals surface area contributed by atoms with E-state index in [1.54, 1.807) is 13.0 Å². The van der Waals surface area contributed by atoms with E-state index in [0.29, 0.717) is 6.42 Å². The molecule has 0 aliphatic rings. The predicted octanol–water partition coefficient (Wildman–Crippen LogP) is 1.74. The number of thiophene rings is 1. The standard InChI is InChI=1S/C11H13NO3S/c1-2-9(11(14)15)12-10(13)6-5-8-4-3-7-16-8/h3-7,9H,2H2,1H3,(H,12,13)(H,14,15)/b6-5+/t9-/m0/s1. The lowest BCUT2D eigenvalue weighted by molar-refractivity contribution is -0.141. The Morgan fingerprint density at radius 3 is 2.88 bits per heavy atom. The summed E-state index contributed by atoms with van der Waals surface area (Å²) in [5.41, 5.74) is 0. The Hall–Kier alpha value is -1.62. The minimum absolute atomic E-state index is 0.369.